The number of esters is 1. The minimum Gasteiger partial charge on any atom is -0.462 e. The highest BCUT2D eigenvalue weighted by Crippen LogP contribution is 2.69. The Morgan fingerprint density at radius 1 is 1.00 bits per heavy atom. The number of rotatable bonds is 1. The van der Waals surface area contributed by atoms with Crippen LogP contribution < -0.4 is 0 Å². The van der Waals surface area contributed by atoms with Crippen molar-refractivity contribution in [2.75, 3.05) is 0 Å². The number of hydrogen-bond acceptors (Lipinski definition) is 6. The summed E-state index contributed by atoms with van der Waals surface area (Å²) in [4.78, 5) is 11.9. The van der Waals surface area contributed by atoms with Gasteiger partial charge in [0.2, 0.25) is 0 Å². The molecule has 6 nitrogen and oxygen atoms in total. The maximum atomic E-state index is 11.9. The molecule has 0 unspecified atom stereocenters. The molecule has 0 saturated heterocycles. The molecule has 4 aliphatic carbocycles. The van der Waals surface area contributed by atoms with Gasteiger partial charge in [0.05, 0.1) is 17.8 Å². The lowest BCUT2D eigenvalue weighted by molar-refractivity contribution is -0.182. The first-order valence-electron chi connectivity index (χ1n) is 10.8. The van der Waals surface area contributed by atoms with E-state index in [9.17, 15) is 25.2 Å². The third kappa shape index (κ3) is 2.32. The molecule has 0 aliphatic heterocycles. The Bertz CT molecular complexity index is 674. The van der Waals surface area contributed by atoms with Crippen molar-refractivity contribution in [3.63, 3.8) is 0 Å². The lowest BCUT2D eigenvalue weighted by Gasteiger charge is -2.48. The Hall–Kier alpha value is -0.690. The molecule has 6 heteroatoms. The van der Waals surface area contributed by atoms with Crippen molar-refractivity contribution in [3.05, 3.63) is 0 Å². The molecule has 0 heterocycles. The van der Waals surface area contributed by atoms with E-state index >= 15 is 0 Å². The summed E-state index contributed by atoms with van der Waals surface area (Å²) in [6.07, 6.45) is 0.627. The van der Waals surface area contributed by atoms with E-state index in [1.54, 1.807) is 0 Å². The molecule has 28 heavy (non-hydrogen) atoms. The van der Waals surface area contributed by atoms with Crippen LogP contribution in [0.1, 0.15) is 66.7 Å². The van der Waals surface area contributed by atoms with Crippen LogP contribution in [0.2, 0.25) is 0 Å². The number of aliphatic hydroxyl groups is 4. The minimum absolute atomic E-state index is 0.0338. The summed E-state index contributed by atoms with van der Waals surface area (Å²) < 4.78 is 5.81. The smallest absolute Gasteiger partial charge is 0.302 e. The molecule has 1 spiro atoms. The predicted octanol–water partition coefficient (Wildman–Crippen LogP) is 1.62. The van der Waals surface area contributed by atoms with Crippen molar-refractivity contribution < 1.29 is 30.0 Å². The fourth-order valence-electron chi connectivity index (χ4n) is 8.13. The molecular weight excluding hydrogens is 360 g/mol. The lowest BCUT2D eigenvalue weighted by atomic mass is 9.59. The first kappa shape index (κ1) is 20.6. The number of hydrogen-bond donors (Lipinski definition) is 4. The van der Waals surface area contributed by atoms with Crippen molar-refractivity contribution in [1.82, 2.24) is 0 Å². The van der Waals surface area contributed by atoms with Gasteiger partial charge in [0, 0.05) is 23.7 Å². The first-order chi connectivity index (χ1) is 12.8. The van der Waals surface area contributed by atoms with E-state index < -0.39 is 40.3 Å². The van der Waals surface area contributed by atoms with Crippen molar-refractivity contribution in [3.8, 4) is 0 Å². The fourth-order valence-corrected chi connectivity index (χ4v) is 8.13. The maximum absolute atomic E-state index is 11.9. The van der Waals surface area contributed by atoms with Crippen molar-refractivity contribution in [1.29, 1.82) is 0 Å². The second-order valence-electron chi connectivity index (χ2n) is 11.1. The number of carbonyl (C=O) groups excluding carboxylic acids is 1. The van der Waals surface area contributed by atoms with Crippen molar-refractivity contribution in [2.45, 2.75) is 96.2 Å². The Labute approximate surface area is 167 Å². The number of ether oxygens (including phenoxy) is 1. The van der Waals surface area contributed by atoms with E-state index in [1.807, 2.05) is 20.8 Å². The molecule has 0 radical (unpaired) electrons. The predicted molar refractivity (Wildman–Crippen MR) is 102 cm³/mol. The third-order valence-electron chi connectivity index (χ3n) is 9.50. The molecule has 160 valence electrons. The van der Waals surface area contributed by atoms with Crippen molar-refractivity contribution in [2.24, 2.45) is 34.5 Å². The summed E-state index contributed by atoms with van der Waals surface area (Å²) >= 11 is 0. The van der Waals surface area contributed by atoms with E-state index in [0.29, 0.717) is 12.8 Å². The largest absolute Gasteiger partial charge is 0.462 e. The van der Waals surface area contributed by atoms with Crippen LogP contribution in [0.4, 0.5) is 0 Å². The molecule has 0 amide bonds. The summed E-state index contributed by atoms with van der Waals surface area (Å²) in [6, 6.07) is 0. The van der Waals surface area contributed by atoms with E-state index in [4.69, 9.17) is 4.74 Å². The molecule has 0 aromatic heterocycles. The summed E-state index contributed by atoms with van der Waals surface area (Å²) in [5.74, 6) is -0.618. The van der Waals surface area contributed by atoms with Gasteiger partial charge in [-0.25, -0.2) is 0 Å². The van der Waals surface area contributed by atoms with Gasteiger partial charge in [-0.3, -0.25) is 4.79 Å². The number of carbonyl (C=O) groups is 1. The Kier molecular flexibility index (Phi) is 4.36. The summed E-state index contributed by atoms with van der Waals surface area (Å²) in [6.45, 7) is 8.98. The van der Waals surface area contributed by atoms with Crippen LogP contribution in [0.3, 0.4) is 0 Å². The van der Waals surface area contributed by atoms with Crippen molar-refractivity contribution >= 4 is 5.97 Å². The average Bonchev–Trinajstić information content (AvgIpc) is 2.79. The summed E-state index contributed by atoms with van der Waals surface area (Å²) in [7, 11) is 0. The summed E-state index contributed by atoms with van der Waals surface area (Å²) in [5.41, 5.74) is -3.78. The first-order valence-corrected chi connectivity index (χ1v) is 10.8. The zero-order chi connectivity index (χ0) is 20.9. The van der Waals surface area contributed by atoms with E-state index in [0.717, 1.165) is 12.8 Å². The summed E-state index contributed by atoms with van der Waals surface area (Å²) in [5, 5.41) is 45.1. The van der Waals surface area contributed by atoms with Gasteiger partial charge >= 0.3 is 5.97 Å². The Balaban J connectivity index is 1.84. The molecule has 4 fully saturated rings. The average molecular weight is 397 g/mol. The zero-order valence-corrected chi connectivity index (χ0v) is 17.7. The van der Waals surface area contributed by atoms with Gasteiger partial charge in [0.25, 0.3) is 0 Å². The van der Waals surface area contributed by atoms with E-state index in [2.05, 4.69) is 6.92 Å². The van der Waals surface area contributed by atoms with Gasteiger partial charge in [0.1, 0.15) is 11.7 Å². The quantitative estimate of drug-likeness (QED) is 0.502. The third-order valence-corrected chi connectivity index (χ3v) is 9.50. The normalized spacial score (nSPS) is 57.2. The molecule has 4 rings (SSSR count). The highest BCUT2D eigenvalue weighted by atomic mass is 16.5. The van der Waals surface area contributed by atoms with Gasteiger partial charge in [0.15, 0.2) is 0 Å². The molecule has 10 atom stereocenters. The van der Waals surface area contributed by atoms with Crippen LogP contribution in [-0.4, -0.2) is 55.9 Å². The standard InChI is InChI=1S/C22H36O6/c1-11-13-6-7-14-18(28-12(2)23)21(13,10-20(14,5)26)9-17(25)22(27)15(11)8-16(24)19(22,3)4/h11,13-18,24-27H,6-10H2,1-5H3/t11-,13-,14+,15-,16-,17+,18+,20+,21-,22-/m0/s1. The van der Waals surface area contributed by atoms with Gasteiger partial charge in [-0.1, -0.05) is 20.8 Å². The van der Waals surface area contributed by atoms with E-state index in [1.165, 1.54) is 6.92 Å². The van der Waals surface area contributed by atoms with E-state index in [-0.39, 0.29) is 36.1 Å². The Morgan fingerprint density at radius 2 is 1.61 bits per heavy atom. The van der Waals surface area contributed by atoms with Gasteiger partial charge in [-0.2, -0.15) is 0 Å². The molecule has 0 aromatic rings. The zero-order valence-electron chi connectivity index (χ0n) is 17.7. The van der Waals surface area contributed by atoms with Crippen LogP contribution in [-0.2, 0) is 9.53 Å². The second kappa shape index (κ2) is 5.93. The molecule has 4 saturated carbocycles. The molecule has 4 aliphatic rings. The number of fused-ring (bicyclic) bond motifs is 2. The Morgan fingerprint density at radius 3 is 2.21 bits per heavy atom. The molecule has 2 bridgehead atoms. The van der Waals surface area contributed by atoms with Crippen LogP contribution in [0.15, 0.2) is 0 Å². The van der Waals surface area contributed by atoms with Crippen LogP contribution >= 0.6 is 0 Å². The minimum atomic E-state index is -1.41. The highest BCUT2D eigenvalue weighted by Gasteiger charge is 2.73. The second-order valence-corrected chi connectivity index (χ2v) is 11.1. The SMILES string of the molecule is CC(=O)O[C@@H]1[C@H]2CC[C@H]3[C@H](C)[C@@H]4C[C@H](O)C(C)(C)[C@@]4(O)[C@H](O)C[C@@]13C[C@@]2(C)O. The molecule has 4 N–H and O–H groups in total. The van der Waals surface area contributed by atoms with Gasteiger partial charge < -0.3 is 25.2 Å². The number of aliphatic hydroxyl groups excluding tert-OH is 2. The van der Waals surface area contributed by atoms with Crippen LogP contribution in [0.5, 0.6) is 0 Å². The van der Waals surface area contributed by atoms with Crippen LogP contribution in [0.25, 0.3) is 0 Å². The highest BCUT2D eigenvalue weighted by molar-refractivity contribution is 5.66. The maximum Gasteiger partial charge on any atom is 0.302 e. The monoisotopic (exact) mass is 396 g/mol. The topological polar surface area (TPSA) is 107 Å². The molecule has 0 aromatic carbocycles. The van der Waals surface area contributed by atoms with Gasteiger partial charge in [-0.15, -0.1) is 0 Å². The lowest BCUT2D eigenvalue weighted by Crippen LogP contribution is -2.57. The fraction of sp³-hybridized carbons (Fsp3) is 0.955. The van der Waals surface area contributed by atoms with Gasteiger partial charge in [-0.05, 0) is 56.8 Å². The van der Waals surface area contributed by atoms with Crippen LogP contribution in [0, 0.1) is 34.5 Å². The molecular formula is C22H36O6.